The molecule has 1 fully saturated rings. The van der Waals surface area contributed by atoms with Gasteiger partial charge in [0.2, 0.25) is 5.95 Å². The Morgan fingerprint density at radius 1 is 0.939 bits per heavy atom. The van der Waals surface area contributed by atoms with Gasteiger partial charge >= 0.3 is 0 Å². The van der Waals surface area contributed by atoms with Gasteiger partial charge in [0, 0.05) is 66.6 Å². The van der Waals surface area contributed by atoms with Crippen LogP contribution < -0.4 is 15.5 Å². The molecular weight excluding hydrogens is 440 g/mol. The molecule has 0 bridgehead atoms. The number of nitrogens with two attached hydrogens (primary N) is 1. The molecule has 0 atom stereocenters. The Balaban J connectivity index is 1.45. The molecule has 168 valence electrons. The number of anilines is 3. The molecule has 5 heterocycles. The number of nitrogen functional groups attached to an aromatic ring is 1. The van der Waals surface area contributed by atoms with Crippen LogP contribution in [0, 0.1) is 0 Å². The van der Waals surface area contributed by atoms with Crippen molar-refractivity contribution in [1.29, 1.82) is 0 Å². The summed E-state index contributed by atoms with van der Waals surface area (Å²) < 4.78 is 7.76. The molecular formula is C23H23ClN8O. The molecule has 4 aromatic rings. The third-order valence-corrected chi connectivity index (χ3v) is 6.45. The van der Waals surface area contributed by atoms with Crippen molar-refractivity contribution in [1.82, 2.24) is 24.3 Å². The van der Waals surface area contributed by atoms with Crippen molar-refractivity contribution in [3.63, 3.8) is 0 Å². The first-order valence-corrected chi connectivity index (χ1v) is 11.4. The molecule has 0 aliphatic carbocycles. The molecule has 0 amide bonds. The number of hydrogen-bond donors (Lipinski definition) is 1. The maximum absolute atomic E-state index is 6.08. The van der Waals surface area contributed by atoms with E-state index in [0.29, 0.717) is 13.2 Å². The summed E-state index contributed by atoms with van der Waals surface area (Å²) in [6.45, 7) is 4.54. The predicted molar refractivity (Wildman–Crippen MR) is 128 cm³/mol. The van der Waals surface area contributed by atoms with E-state index >= 15 is 0 Å². The molecule has 0 saturated carbocycles. The number of ether oxygens (including phenoxy) is 1. The molecule has 33 heavy (non-hydrogen) atoms. The maximum Gasteiger partial charge on any atom is 0.219 e. The Morgan fingerprint density at radius 3 is 2.45 bits per heavy atom. The summed E-state index contributed by atoms with van der Waals surface area (Å²) in [6.07, 6.45) is 6.35. The number of benzene rings is 1. The van der Waals surface area contributed by atoms with Crippen LogP contribution in [0.25, 0.3) is 16.9 Å². The summed E-state index contributed by atoms with van der Waals surface area (Å²) in [5.74, 6) is 1.11. The number of fused-ring (bicyclic) bond motifs is 3. The summed E-state index contributed by atoms with van der Waals surface area (Å²) in [4.78, 5) is 23.0. The minimum Gasteiger partial charge on any atom is -0.378 e. The van der Waals surface area contributed by atoms with E-state index in [4.69, 9.17) is 32.0 Å². The van der Waals surface area contributed by atoms with Crippen LogP contribution in [0.2, 0.25) is 5.02 Å². The van der Waals surface area contributed by atoms with Gasteiger partial charge in [-0.25, -0.2) is 19.9 Å². The van der Waals surface area contributed by atoms with Gasteiger partial charge in [-0.1, -0.05) is 11.6 Å². The highest BCUT2D eigenvalue weighted by Gasteiger charge is 2.26. The molecule has 2 aliphatic heterocycles. The van der Waals surface area contributed by atoms with Crippen LogP contribution in [0.1, 0.15) is 11.4 Å². The molecule has 0 spiro atoms. The normalized spacial score (nSPS) is 16.3. The van der Waals surface area contributed by atoms with Crippen LogP contribution in [0.3, 0.4) is 0 Å². The molecule has 1 aromatic carbocycles. The fourth-order valence-corrected chi connectivity index (χ4v) is 4.61. The average molecular weight is 463 g/mol. The quantitative estimate of drug-likeness (QED) is 0.496. The number of halogens is 1. The van der Waals surface area contributed by atoms with Crippen LogP contribution in [-0.2, 0) is 17.7 Å². The number of imidazole rings is 1. The van der Waals surface area contributed by atoms with E-state index in [9.17, 15) is 0 Å². The minimum atomic E-state index is 0.246. The van der Waals surface area contributed by atoms with Crippen molar-refractivity contribution in [2.45, 2.75) is 13.0 Å². The maximum atomic E-state index is 6.08. The topological polar surface area (TPSA) is 97.7 Å². The fourth-order valence-electron chi connectivity index (χ4n) is 4.49. The zero-order valence-electron chi connectivity index (χ0n) is 18.0. The highest BCUT2D eigenvalue weighted by atomic mass is 35.5. The zero-order valence-corrected chi connectivity index (χ0v) is 18.7. The highest BCUT2D eigenvalue weighted by molar-refractivity contribution is 6.30. The van der Waals surface area contributed by atoms with Gasteiger partial charge in [0.1, 0.15) is 0 Å². The zero-order chi connectivity index (χ0) is 22.4. The number of rotatable bonds is 3. The smallest absolute Gasteiger partial charge is 0.219 e. The van der Waals surface area contributed by atoms with Crippen molar-refractivity contribution in [3.05, 3.63) is 59.3 Å². The predicted octanol–water partition coefficient (Wildman–Crippen LogP) is 2.82. The van der Waals surface area contributed by atoms with Gasteiger partial charge in [0.05, 0.1) is 31.1 Å². The number of morpholine rings is 1. The van der Waals surface area contributed by atoms with Gasteiger partial charge in [0.15, 0.2) is 11.5 Å². The van der Waals surface area contributed by atoms with Gasteiger partial charge in [-0.2, -0.15) is 0 Å². The summed E-state index contributed by atoms with van der Waals surface area (Å²) in [7, 11) is 0. The van der Waals surface area contributed by atoms with E-state index in [1.807, 2.05) is 18.3 Å². The van der Waals surface area contributed by atoms with E-state index in [-0.39, 0.29) is 5.95 Å². The molecule has 2 N–H and O–H groups in total. The van der Waals surface area contributed by atoms with Crippen LogP contribution in [0.15, 0.2) is 42.9 Å². The Labute approximate surface area is 195 Å². The van der Waals surface area contributed by atoms with Crippen LogP contribution in [0.4, 0.5) is 17.5 Å². The van der Waals surface area contributed by atoms with Gasteiger partial charge in [-0.05, 0) is 24.3 Å². The Hall–Kier alpha value is -3.43. The van der Waals surface area contributed by atoms with Crippen molar-refractivity contribution < 1.29 is 4.74 Å². The molecule has 2 aliphatic rings. The largest absolute Gasteiger partial charge is 0.378 e. The van der Waals surface area contributed by atoms with Crippen LogP contribution >= 0.6 is 11.6 Å². The SMILES string of the molecule is Nc1ncc(-c2cn3c4c(nc3c(N3CCOCC3)n2)CN(c2ccc(Cl)cc2)CC4)cn1. The monoisotopic (exact) mass is 462 g/mol. The third-order valence-electron chi connectivity index (χ3n) is 6.20. The molecule has 1 saturated heterocycles. The van der Waals surface area contributed by atoms with Gasteiger partial charge in [-0.15, -0.1) is 0 Å². The standard InChI is InChI=1S/C23H23ClN8O/c24-16-1-3-17(4-2-16)31-6-5-20-19(13-31)29-22-21(30-7-9-33-10-8-30)28-18(14-32(20)22)15-11-26-23(25)27-12-15/h1-4,11-12,14H,5-10,13H2,(H2,25,26,27). The van der Waals surface area contributed by atoms with E-state index in [1.54, 1.807) is 12.4 Å². The van der Waals surface area contributed by atoms with Crippen molar-refractivity contribution in [2.24, 2.45) is 0 Å². The number of aromatic nitrogens is 5. The lowest BCUT2D eigenvalue weighted by Crippen LogP contribution is -2.37. The van der Waals surface area contributed by atoms with E-state index in [1.165, 1.54) is 5.69 Å². The van der Waals surface area contributed by atoms with Gasteiger partial charge < -0.3 is 20.3 Å². The summed E-state index contributed by atoms with van der Waals surface area (Å²) in [6, 6.07) is 7.97. The second-order valence-corrected chi connectivity index (χ2v) is 8.66. The molecule has 3 aromatic heterocycles. The highest BCUT2D eigenvalue weighted by Crippen LogP contribution is 2.31. The molecule has 6 rings (SSSR count). The lowest BCUT2D eigenvalue weighted by atomic mass is 10.1. The number of nitrogens with zero attached hydrogens (tertiary/aromatic N) is 7. The summed E-state index contributed by atoms with van der Waals surface area (Å²) >= 11 is 6.08. The molecule has 9 nitrogen and oxygen atoms in total. The second-order valence-electron chi connectivity index (χ2n) is 8.23. The van der Waals surface area contributed by atoms with Crippen molar-refractivity contribution in [3.8, 4) is 11.3 Å². The van der Waals surface area contributed by atoms with Crippen LogP contribution in [0.5, 0.6) is 0 Å². The van der Waals surface area contributed by atoms with Gasteiger partial charge in [0.25, 0.3) is 0 Å². The Morgan fingerprint density at radius 2 is 1.70 bits per heavy atom. The lowest BCUT2D eigenvalue weighted by Gasteiger charge is -2.29. The van der Waals surface area contributed by atoms with Crippen molar-refractivity contribution in [2.75, 3.05) is 48.4 Å². The Bertz CT molecular complexity index is 1300. The molecule has 0 radical (unpaired) electrons. The van der Waals surface area contributed by atoms with E-state index < -0.39 is 0 Å². The first-order valence-electron chi connectivity index (χ1n) is 11.0. The molecule has 0 unspecified atom stereocenters. The first kappa shape index (κ1) is 20.2. The minimum absolute atomic E-state index is 0.246. The lowest BCUT2D eigenvalue weighted by molar-refractivity contribution is 0.122. The van der Waals surface area contributed by atoms with Gasteiger partial charge in [-0.3, -0.25) is 4.40 Å². The van der Waals surface area contributed by atoms with Crippen LogP contribution in [-0.4, -0.2) is 57.2 Å². The Kier molecular flexibility index (Phi) is 5.00. The molecule has 10 heteroatoms. The average Bonchev–Trinajstić information content (AvgIpc) is 3.23. The van der Waals surface area contributed by atoms with E-state index in [0.717, 1.165) is 71.7 Å². The van der Waals surface area contributed by atoms with E-state index in [2.05, 4.69) is 36.3 Å². The fraction of sp³-hybridized carbons (Fsp3) is 0.304. The number of hydrogen-bond acceptors (Lipinski definition) is 8. The first-order chi connectivity index (χ1) is 16.2. The van der Waals surface area contributed by atoms with Crippen molar-refractivity contribution >= 4 is 34.7 Å². The summed E-state index contributed by atoms with van der Waals surface area (Å²) in [5.41, 5.74) is 11.6. The third kappa shape index (κ3) is 3.73. The summed E-state index contributed by atoms with van der Waals surface area (Å²) in [5, 5.41) is 0.740. The second kappa shape index (κ2) is 8.17.